The highest BCUT2D eigenvalue weighted by Gasteiger charge is 2.11. The van der Waals surface area contributed by atoms with E-state index in [0.717, 1.165) is 0 Å². The Bertz CT molecular complexity index is 683. The van der Waals surface area contributed by atoms with Crippen LogP contribution in [0.1, 0.15) is 16.1 Å². The van der Waals surface area contributed by atoms with Crippen molar-refractivity contribution in [3.63, 3.8) is 0 Å². The van der Waals surface area contributed by atoms with E-state index in [9.17, 15) is 4.79 Å². The number of nitrogens with one attached hydrogen (secondary N) is 1. The Morgan fingerprint density at radius 1 is 1.25 bits per heavy atom. The third-order valence-electron chi connectivity index (χ3n) is 2.98. The van der Waals surface area contributed by atoms with Crippen molar-refractivity contribution in [2.75, 3.05) is 7.05 Å². The smallest absolute Gasteiger partial charge is 0.258 e. The largest absolute Gasteiger partial charge is 1.00 e. The van der Waals surface area contributed by atoms with Crippen LogP contribution in [-0.4, -0.2) is 24.4 Å². The molecule has 0 fully saturated rings. The van der Waals surface area contributed by atoms with Crippen LogP contribution in [0.15, 0.2) is 54.1 Å². The molecule has 0 saturated heterocycles. The monoisotopic (exact) mass is 372 g/mol. The molecule has 2 N–H and O–H groups in total. The summed E-state index contributed by atoms with van der Waals surface area (Å²) in [5.41, 5.74) is 1.28. The van der Waals surface area contributed by atoms with E-state index in [0.29, 0.717) is 24.7 Å². The summed E-state index contributed by atoms with van der Waals surface area (Å²) in [5.74, 6) is -0.145. The van der Waals surface area contributed by atoms with Gasteiger partial charge >= 0.3 is 0 Å². The maximum atomic E-state index is 11.6. The number of pyridine rings is 2. The number of carbonyl (C=O) groups excluding carboxylic acids is 1. The molecule has 7 nitrogen and oxygen atoms in total. The van der Waals surface area contributed by atoms with E-state index in [4.69, 9.17) is 9.94 Å². The maximum absolute atomic E-state index is 11.6. The van der Waals surface area contributed by atoms with Crippen LogP contribution in [0.3, 0.4) is 0 Å². The fraction of sp³-hybridized carbons (Fsp3) is 0.200. The number of rotatable bonds is 6. The Labute approximate surface area is 152 Å². The molecule has 0 saturated carbocycles. The summed E-state index contributed by atoms with van der Waals surface area (Å²) < 4.78 is 9.18. The minimum atomic E-state index is -0.145. The Hall–Kier alpha value is -2.22. The maximum Gasteiger partial charge on any atom is 0.258 e. The van der Waals surface area contributed by atoms with Crippen molar-refractivity contribution < 1.29 is 48.7 Å². The highest BCUT2D eigenvalue weighted by molar-refractivity contribution is 5.93. The first-order valence-electron chi connectivity index (χ1n) is 6.69. The van der Waals surface area contributed by atoms with Gasteiger partial charge in [-0.1, -0.05) is 5.16 Å². The third kappa shape index (κ3) is 6.11. The van der Waals surface area contributed by atoms with Gasteiger partial charge in [0.25, 0.3) is 19.4 Å². The van der Waals surface area contributed by atoms with Crippen molar-refractivity contribution >= 4 is 12.1 Å². The quantitative estimate of drug-likeness (QED) is 0.229. The van der Waals surface area contributed by atoms with Crippen LogP contribution < -0.4 is 39.3 Å². The van der Waals surface area contributed by atoms with Crippen molar-refractivity contribution in [1.82, 2.24) is 5.32 Å². The molecule has 0 aromatic carbocycles. The van der Waals surface area contributed by atoms with Crippen molar-refractivity contribution in [3.05, 3.63) is 60.2 Å². The molecule has 2 rings (SSSR count). The second-order valence-corrected chi connectivity index (χ2v) is 4.49. The van der Waals surface area contributed by atoms with E-state index in [1.54, 1.807) is 34.5 Å². The highest BCUT2D eigenvalue weighted by atomic mass is 35.5. The van der Waals surface area contributed by atoms with Gasteiger partial charge in [-0.05, 0) is 12.1 Å². The fourth-order valence-corrected chi connectivity index (χ4v) is 1.91. The minimum Gasteiger partial charge on any atom is -1.00 e. The lowest BCUT2D eigenvalue weighted by atomic mass is 10.3. The first kappa shape index (κ1) is 21.8. The number of aromatic nitrogens is 2. The summed E-state index contributed by atoms with van der Waals surface area (Å²) in [7, 11) is 1.59. The molecule has 2 aromatic rings. The Morgan fingerprint density at radius 3 is 2.75 bits per heavy atom. The van der Waals surface area contributed by atoms with Gasteiger partial charge < -0.3 is 35.3 Å². The predicted molar refractivity (Wildman–Crippen MR) is 77.1 cm³/mol. The van der Waals surface area contributed by atoms with E-state index < -0.39 is 0 Å². The molecule has 0 radical (unpaired) electrons. The number of ether oxygens (including phenoxy) is 1. The zero-order valence-corrected chi connectivity index (χ0v) is 14.5. The molecule has 2 aromatic heterocycles. The number of hydrogen-bond donors (Lipinski definition) is 2. The number of amides is 1. The van der Waals surface area contributed by atoms with Gasteiger partial charge in [-0.2, -0.15) is 9.13 Å². The normalized spacial score (nSPS) is 9.88. The number of carbonyl (C=O) groups is 1. The van der Waals surface area contributed by atoms with Crippen molar-refractivity contribution in [2.45, 2.75) is 13.5 Å². The summed E-state index contributed by atoms with van der Waals surface area (Å²) in [6, 6.07) is 9.03. The summed E-state index contributed by atoms with van der Waals surface area (Å²) >= 11 is 0. The molecule has 0 atom stereocenters. The van der Waals surface area contributed by atoms with E-state index >= 15 is 0 Å². The second kappa shape index (κ2) is 11.3. The Morgan fingerprint density at radius 2 is 2.04 bits per heavy atom. The minimum absolute atomic E-state index is 0. The summed E-state index contributed by atoms with van der Waals surface area (Å²) in [6.45, 7) is 0.585. The van der Waals surface area contributed by atoms with Crippen LogP contribution in [0.4, 0.5) is 0 Å². The molecule has 2 heterocycles. The van der Waals surface area contributed by atoms with Crippen LogP contribution in [0, 0.1) is 0 Å². The molecule has 1 amide bonds. The average Bonchev–Trinajstić information content (AvgIpc) is 2.56. The van der Waals surface area contributed by atoms with Gasteiger partial charge in [-0.25, -0.2) is 0 Å². The van der Waals surface area contributed by atoms with E-state index in [-0.39, 0.29) is 30.7 Å². The first-order valence-corrected chi connectivity index (χ1v) is 6.69. The molecule has 9 heteroatoms. The average molecular weight is 373 g/mol. The third-order valence-corrected chi connectivity index (χ3v) is 2.98. The number of nitrogens with zero attached hydrogens (tertiary/aromatic N) is 3. The standard InChI is InChI=1S/C15H16N4O3.2ClH/c1-16-15(20)13-5-4-7-18(10-13)11-22-12-19-8-3-2-6-14(19)9-17-21;;/h2-10H,11-12H2,1H3;2*1H. The van der Waals surface area contributed by atoms with Gasteiger partial charge in [-0.3, -0.25) is 9.53 Å². The lowest BCUT2D eigenvalue weighted by Crippen LogP contribution is -3.00. The molecule has 0 aliphatic rings. The van der Waals surface area contributed by atoms with Crippen molar-refractivity contribution in [1.29, 1.82) is 0 Å². The SMILES string of the molecule is CNC(=O)c1ccc[n+](COC[n+]2ccccc2/C=N\O)c1.[Cl-].[Cl-]. The first-order chi connectivity index (χ1) is 10.7. The van der Waals surface area contributed by atoms with Crippen LogP contribution in [0.25, 0.3) is 0 Å². The van der Waals surface area contributed by atoms with E-state index in [2.05, 4.69) is 10.5 Å². The van der Waals surface area contributed by atoms with Crippen LogP contribution in [0.2, 0.25) is 0 Å². The van der Waals surface area contributed by atoms with Gasteiger partial charge in [-0.15, -0.1) is 0 Å². The van der Waals surface area contributed by atoms with Crippen molar-refractivity contribution in [2.24, 2.45) is 5.16 Å². The Kier molecular flexibility index (Phi) is 10.3. The zero-order chi connectivity index (χ0) is 15.8. The number of halogens is 2. The molecule has 24 heavy (non-hydrogen) atoms. The number of oxime groups is 1. The van der Waals surface area contributed by atoms with Crippen LogP contribution >= 0.6 is 0 Å². The summed E-state index contributed by atoms with van der Waals surface area (Å²) in [6.07, 6.45) is 6.69. The molecule has 0 bridgehead atoms. The molecule has 0 aliphatic carbocycles. The van der Waals surface area contributed by atoms with Gasteiger partial charge in [0.2, 0.25) is 5.69 Å². The van der Waals surface area contributed by atoms with Gasteiger partial charge in [0.1, 0.15) is 11.8 Å². The zero-order valence-electron chi connectivity index (χ0n) is 13.0. The van der Waals surface area contributed by atoms with Gasteiger partial charge in [0, 0.05) is 25.2 Å². The predicted octanol–water partition coefficient (Wildman–Crippen LogP) is -5.93. The molecular formula is C15H18Cl2N4O3. The van der Waals surface area contributed by atoms with Crippen LogP contribution in [-0.2, 0) is 18.2 Å². The summed E-state index contributed by atoms with van der Waals surface area (Å²) in [4.78, 5) is 11.6. The lowest BCUT2D eigenvalue weighted by molar-refractivity contribution is -0.788. The van der Waals surface area contributed by atoms with E-state index in [1.807, 2.05) is 30.6 Å². The van der Waals surface area contributed by atoms with Gasteiger partial charge in [0.05, 0.1) is 0 Å². The highest BCUT2D eigenvalue weighted by Crippen LogP contribution is 1.94. The molecule has 130 valence electrons. The fourth-order valence-electron chi connectivity index (χ4n) is 1.91. The molecular weight excluding hydrogens is 355 g/mol. The van der Waals surface area contributed by atoms with Crippen LogP contribution in [0.5, 0.6) is 0 Å². The number of hydrogen-bond acceptors (Lipinski definition) is 4. The Balaban J connectivity index is 0.00000264. The van der Waals surface area contributed by atoms with E-state index in [1.165, 1.54) is 6.21 Å². The molecule has 0 aliphatic heterocycles. The molecule has 0 unspecified atom stereocenters. The lowest BCUT2D eigenvalue weighted by Gasteiger charge is -2.01. The molecule has 0 spiro atoms. The van der Waals surface area contributed by atoms with Gasteiger partial charge in [0.15, 0.2) is 18.6 Å². The summed E-state index contributed by atoms with van der Waals surface area (Å²) in [5, 5.41) is 14.2. The van der Waals surface area contributed by atoms with Crippen molar-refractivity contribution in [3.8, 4) is 0 Å². The topological polar surface area (TPSA) is 78.7 Å². The second-order valence-electron chi connectivity index (χ2n) is 4.49.